The first-order valence-electron chi connectivity index (χ1n) is 9.12. The van der Waals surface area contributed by atoms with Gasteiger partial charge in [-0.2, -0.15) is 4.98 Å². The number of aromatic nitrogens is 2. The number of nitrogens with zero attached hydrogens (tertiary/aromatic N) is 4. The van der Waals surface area contributed by atoms with Crippen LogP contribution < -0.4 is 4.74 Å². The number of likely N-dealkylation sites (tertiary alicyclic amines) is 1. The van der Waals surface area contributed by atoms with Gasteiger partial charge in [-0.25, -0.2) is 0 Å². The highest BCUT2D eigenvalue weighted by atomic mass is 16.5. The Balaban J connectivity index is 1.31. The van der Waals surface area contributed by atoms with Crippen molar-refractivity contribution < 1.29 is 9.26 Å². The summed E-state index contributed by atoms with van der Waals surface area (Å²) in [7, 11) is 2.29. The van der Waals surface area contributed by atoms with E-state index in [0.717, 1.165) is 24.4 Å². The predicted octanol–water partition coefficient (Wildman–Crippen LogP) is 2.63. The molecule has 0 aliphatic carbocycles. The summed E-state index contributed by atoms with van der Waals surface area (Å²) in [5.74, 6) is 1.97. The molecule has 2 fully saturated rings. The van der Waals surface area contributed by atoms with Crippen LogP contribution in [0.5, 0.6) is 5.75 Å². The zero-order valence-corrected chi connectivity index (χ0v) is 15.0. The molecule has 134 valence electrons. The standard InChI is InChI=1S/C19H26N4O2/c1-14-20-19(21-25-14)13-24-18-7-3-15(4-8-18)11-23-10-9-16-5-6-17(12-23)22(16)2/h3-4,7-8,16-17H,5-6,9-13H2,1-2H3/t16-,17+/m1/s1. The van der Waals surface area contributed by atoms with Gasteiger partial charge in [0.15, 0.2) is 6.61 Å². The minimum atomic E-state index is 0.332. The highest BCUT2D eigenvalue weighted by Crippen LogP contribution is 2.29. The van der Waals surface area contributed by atoms with Crippen LogP contribution in [-0.4, -0.2) is 52.2 Å². The van der Waals surface area contributed by atoms with E-state index in [0.29, 0.717) is 18.3 Å². The molecule has 6 nitrogen and oxygen atoms in total. The fourth-order valence-corrected chi connectivity index (χ4v) is 4.02. The lowest BCUT2D eigenvalue weighted by molar-refractivity contribution is 0.214. The molecule has 0 radical (unpaired) electrons. The Morgan fingerprint density at radius 3 is 2.72 bits per heavy atom. The van der Waals surface area contributed by atoms with Gasteiger partial charge in [0.1, 0.15) is 5.75 Å². The maximum Gasteiger partial charge on any atom is 0.223 e. The Bertz CT molecular complexity index is 700. The maximum absolute atomic E-state index is 5.72. The molecular formula is C19H26N4O2. The Labute approximate surface area is 148 Å². The normalized spacial score (nSPS) is 24.4. The fourth-order valence-electron chi connectivity index (χ4n) is 4.02. The van der Waals surface area contributed by atoms with E-state index in [9.17, 15) is 0 Å². The summed E-state index contributed by atoms with van der Waals surface area (Å²) < 4.78 is 10.7. The summed E-state index contributed by atoms with van der Waals surface area (Å²) >= 11 is 0. The molecule has 2 bridgehead atoms. The van der Waals surface area contributed by atoms with Crippen molar-refractivity contribution in [2.75, 3.05) is 20.1 Å². The van der Waals surface area contributed by atoms with E-state index in [-0.39, 0.29) is 0 Å². The average Bonchev–Trinajstić information content (AvgIpc) is 3.12. The lowest BCUT2D eigenvalue weighted by atomic mass is 10.1. The van der Waals surface area contributed by atoms with Gasteiger partial charge in [-0.1, -0.05) is 17.3 Å². The zero-order valence-electron chi connectivity index (χ0n) is 15.0. The van der Waals surface area contributed by atoms with Gasteiger partial charge in [0.05, 0.1) is 0 Å². The topological polar surface area (TPSA) is 54.6 Å². The molecule has 6 heteroatoms. The molecule has 0 unspecified atom stereocenters. The van der Waals surface area contributed by atoms with Crippen LogP contribution in [0.1, 0.15) is 36.5 Å². The van der Waals surface area contributed by atoms with Gasteiger partial charge in [-0.05, 0) is 44.0 Å². The summed E-state index contributed by atoms with van der Waals surface area (Å²) in [6.45, 7) is 5.50. The molecule has 2 saturated heterocycles. The maximum atomic E-state index is 5.72. The van der Waals surface area contributed by atoms with E-state index in [1.807, 2.05) is 12.1 Å². The molecule has 1 aromatic carbocycles. The van der Waals surface area contributed by atoms with Gasteiger partial charge in [0.2, 0.25) is 11.7 Å². The lowest BCUT2D eigenvalue weighted by Gasteiger charge is -2.25. The molecule has 0 N–H and O–H groups in total. The van der Waals surface area contributed by atoms with E-state index in [4.69, 9.17) is 9.26 Å². The van der Waals surface area contributed by atoms with E-state index < -0.39 is 0 Å². The SMILES string of the molecule is Cc1nc(COc2ccc(CN3CC[C@H]4CC[C@@H](C3)N4C)cc2)no1. The van der Waals surface area contributed by atoms with Gasteiger partial charge in [-0.15, -0.1) is 0 Å². The third kappa shape index (κ3) is 3.85. The predicted molar refractivity (Wildman–Crippen MR) is 94.3 cm³/mol. The zero-order chi connectivity index (χ0) is 17.2. The first kappa shape index (κ1) is 16.5. The van der Waals surface area contributed by atoms with Crippen molar-refractivity contribution in [1.29, 1.82) is 0 Å². The second kappa shape index (κ2) is 7.14. The smallest absolute Gasteiger partial charge is 0.223 e. The molecule has 25 heavy (non-hydrogen) atoms. The number of likely N-dealkylation sites (N-methyl/N-ethyl adjacent to an activating group) is 1. The number of fused-ring (bicyclic) bond motifs is 2. The van der Waals surface area contributed by atoms with Crippen LogP contribution in [0.4, 0.5) is 0 Å². The Morgan fingerprint density at radius 2 is 1.96 bits per heavy atom. The first-order chi connectivity index (χ1) is 12.2. The molecule has 0 saturated carbocycles. The summed E-state index contributed by atoms with van der Waals surface area (Å²) in [5.41, 5.74) is 1.34. The number of rotatable bonds is 5. The van der Waals surface area contributed by atoms with E-state index in [1.165, 1.54) is 37.9 Å². The highest BCUT2D eigenvalue weighted by molar-refractivity contribution is 5.27. The fraction of sp³-hybridized carbons (Fsp3) is 0.579. The Hall–Kier alpha value is -1.92. The summed E-state index contributed by atoms with van der Waals surface area (Å²) in [6.07, 6.45) is 4.01. The van der Waals surface area contributed by atoms with Crippen LogP contribution in [0.3, 0.4) is 0 Å². The number of benzene rings is 1. The third-order valence-corrected chi connectivity index (χ3v) is 5.50. The van der Waals surface area contributed by atoms with Crippen molar-refractivity contribution in [3.8, 4) is 5.75 Å². The van der Waals surface area contributed by atoms with Gasteiger partial charge in [0.25, 0.3) is 0 Å². The Kier molecular flexibility index (Phi) is 4.72. The van der Waals surface area contributed by atoms with Crippen LogP contribution in [0.2, 0.25) is 0 Å². The second-order valence-electron chi connectivity index (χ2n) is 7.24. The first-order valence-corrected chi connectivity index (χ1v) is 9.12. The van der Waals surface area contributed by atoms with Gasteiger partial charge < -0.3 is 9.26 Å². The minimum absolute atomic E-state index is 0.332. The van der Waals surface area contributed by atoms with E-state index in [2.05, 4.69) is 39.1 Å². The molecule has 2 aliphatic heterocycles. The van der Waals surface area contributed by atoms with Gasteiger partial charge in [0, 0.05) is 38.6 Å². The monoisotopic (exact) mass is 342 g/mol. The second-order valence-corrected chi connectivity index (χ2v) is 7.24. The average molecular weight is 342 g/mol. The van der Waals surface area contributed by atoms with E-state index >= 15 is 0 Å². The van der Waals surface area contributed by atoms with Crippen molar-refractivity contribution in [3.63, 3.8) is 0 Å². The highest BCUT2D eigenvalue weighted by Gasteiger charge is 2.34. The van der Waals surface area contributed by atoms with Crippen molar-refractivity contribution in [1.82, 2.24) is 19.9 Å². The molecule has 2 aromatic rings. The molecule has 1 aromatic heterocycles. The number of hydrogen-bond donors (Lipinski definition) is 0. The lowest BCUT2D eigenvalue weighted by Crippen LogP contribution is -2.36. The number of aryl methyl sites for hydroxylation is 1. The molecular weight excluding hydrogens is 316 g/mol. The van der Waals surface area contributed by atoms with Crippen molar-refractivity contribution in [2.24, 2.45) is 0 Å². The molecule has 2 atom stereocenters. The molecule has 2 aliphatic rings. The van der Waals surface area contributed by atoms with Crippen molar-refractivity contribution >= 4 is 0 Å². The van der Waals surface area contributed by atoms with Crippen molar-refractivity contribution in [2.45, 2.75) is 51.4 Å². The van der Waals surface area contributed by atoms with Crippen LogP contribution in [0.25, 0.3) is 0 Å². The van der Waals surface area contributed by atoms with Crippen LogP contribution >= 0.6 is 0 Å². The van der Waals surface area contributed by atoms with Gasteiger partial charge in [-0.3, -0.25) is 9.80 Å². The quantitative estimate of drug-likeness (QED) is 0.833. The van der Waals surface area contributed by atoms with Crippen LogP contribution in [-0.2, 0) is 13.2 Å². The molecule has 4 rings (SSSR count). The number of hydrogen-bond acceptors (Lipinski definition) is 6. The van der Waals surface area contributed by atoms with Gasteiger partial charge >= 0.3 is 0 Å². The largest absolute Gasteiger partial charge is 0.485 e. The molecule has 3 heterocycles. The van der Waals surface area contributed by atoms with E-state index in [1.54, 1.807) is 6.92 Å². The number of ether oxygens (including phenoxy) is 1. The van der Waals surface area contributed by atoms with Crippen LogP contribution in [0, 0.1) is 6.92 Å². The third-order valence-electron chi connectivity index (χ3n) is 5.50. The molecule has 0 spiro atoms. The summed E-state index contributed by atoms with van der Waals surface area (Å²) in [6, 6.07) is 9.89. The van der Waals surface area contributed by atoms with Crippen molar-refractivity contribution in [3.05, 3.63) is 41.5 Å². The Morgan fingerprint density at radius 1 is 1.16 bits per heavy atom. The molecule has 0 amide bonds. The van der Waals surface area contributed by atoms with Crippen LogP contribution in [0.15, 0.2) is 28.8 Å². The minimum Gasteiger partial charge on any atom is -0.485 e. The summed E-state index contributed by atoms with van der Waals surface area (Å²) in [5, 5.41) is 3.84. The summed E-state index contributed by atoms with van der Waals surface area (Å²) in [4.78, 5) is 9.33.